The Morgan fingerprint density at radius 3 is 2.44 bits per heavy atom. The summed E-state index contributed by atoms with van der Waals surface area (Å²) in [6.45, 7) is 7.71. The Labute approximate surface area is 222 Å². The van der Waals surface area contributed by atoms with Gasteiger partial charge in [0, 0.05) is 39.3 Å². The van der Waals surface area contributed by atoms with Crippen LogP contribution in [0.15, 0.2) is 53.5 Å². The Balaban J connectivity index is 0.00000408. The molecule has 34 heavy (non-hydrogen) atoms. The topological polar surface area (TPSA) is 60.0 Å². The van der Waals surface area contributed by atoms with Gasteiger partial charge in [0.05, 0.1) is 6.54 Å². The van der Waals surface area contributed by atoms with E-state index < -0.39 is 0 Å². The first-order valence-corrected chi connectivity index (χ1v) is 12.2. The van der Waals surface area contributed by atoms with E-state index in [1.165, 1.54) is 43.5 Å². The van der Waals surface area contributed by atoms with Crippen LogP contribution in [0.3, 0.4) is 0 Å². The Morgan fingerprint density at radius 1 is 1.00 bits per heavy atom. The van der Waals surface area contributed by atoms with E-state index >= 15 is 0 Å². The van der Waals surface area contributed by atoms with Crippen LogP contribution in [0.1, 0.15) is 53.2 Å². The van der Waals surface area contributed by atoms with Gasteiger partial charge in [-0.15, -0.1) is 24.0 Å². The number of halogens is 1. The molecule has 1 aliphatic rings. The monoisotopic (exact) mass is 577 g/mol. The lowest BCUT2D eigenvalue weighted by Crippen LogP contribution is -2.38. The Morgan fingerprint density at radius 2 is 1.74 bits per heavy atom. The Hall–Kier alpha value is -2.13. The first-order valence-electron chi connectivity index (χ1n) is 12.2. The lowest BCUT2D eigenvalue weighted by Gasteiger charge is -2.27. The summed E-state index contributed by atoms with van der Waals surface area (Å²) in [5.74, 6) is 0.855. The van der Waals surface area contributed by atoms with Gasteiger partial charge in [-0.25, -0.2) is 4.99 Å². The summed E-state index contributed by atoms with van der Waals surface area (Å²) in [6, 6.07) is 16.5. The molecular formula is C27H40IN5O. The van der Waals surface area contributed by atoms with Gasteiger partial charge in [0.25, 0.3) is 5.91 Å². The van der Waals surface area contributed by atoms with E-state index in [2.05, 4.69) is 52.8 Å². The van der Waals surface area contributed by atoms with E-state index in [1.807, 2.05) is 18.2 Å². The van der Waals surface area contributed by atoms with E-state index in [4.69, 9.17) is 4.99 Å². The van der Waals surface area contributed by atoms with E-state index in [0.29, 0.717) is 6.54 Å². The molecule has 0 saturated carbocycles. The third-order valence-corrected chi connectivity index (χ3v) is 6.00. The number of carbonyl (C=O) groups excluding carboxylic acids is 1. The molecule has 2 aromatic carbocycles. The lowest BCUT2D eigenvalue weighted by atomic mass is 10.1. The Bertz CT molecular complexity index is 925. The molecule has 186 valence electrons. The normalized spacial score (nSPS) is 14.3. The molecule has 1 saturated heterocycles. The maximum atomic E-state index is 12.2. The average Bonchev–Trinajstić information content (AvgIpc) is 2.83. The maximum absolute atomic E-state index is 12.2. The van der Waals surface area contributed by atoms with Crippen molar-refractivity contribution in [2.75, 3.05) is 40.3 Å². The number of hydrogen-bond acceptors (Lipinski definition) is 3. The summed E-state index contributed by atoms with van der Waals surface area (Å²) >= 11 is 0. The number of nitrogens with zero attached hydrogens (tertiary/aromatic N) is 3. The summed E-state index contributed by atoms with van der Waals surface area (Å²) in [4.78, 5) is 21.2. The molecular weight excluding hydrogens is 537 g/mol. The van der Waals surface area contributed by atoms with Gasteiger partial charge < -0.3 is 15.5 Å². The highest BCUT2D eigenvalue weighted by Gasteiger charge is 2.12. The third kappa shape index (κ3) is 8.91. The van der Waals surface area contributed by atoms with E-state index in [9.17, 15) is 4.79 Å². The van der Waals surface area contributed by atoms with Gasteiger partial charge in [-0.2, -0.15) is 0 Å². The molecule has 0 aliphatic carbocycles. The second kappa shape index (κ2) is 15.0. The number of nitrogens with one attached hydrogen (secondary N) is 2. The van der Waals surface area contributed by atoms with Crippen LogP contribution >= 0.6 is 24.0 Å². The molecule has 0 aromatic heterocycles. The van der Waals surface area contributed by atoms with Crippen molar-refractivity contribution in [1.82, 2.24) is 20.4 Å². The molecule has 0 unspecified atom stereocenters. The summed E-state index contributed by atoms with van der Waals surface area (Å²) < 4.78 is 0. The minimum atomic E-state index is 0. The van der Waals surface area contributed by atoms with Gasteiger partial charge in [0.15, 0.2) is 5.96 Å². The van der Waals surface area contributed by atoms with Crippen LogP contribution in [0.4, 0.5) is 0 Å². The maximum Gasteiger partial charge on any atom is 0.253 e. The van der Waals surface area contributed by atoms with Crippen molar-refractivity contribution in [3.63, 3.8) is 0 Å². The van der Waals surface area contributed by atoms with Crippen molar-refractivity contribution in [2.45, 2.75) is 45.7 Å². The van der Waals surface area contributed by atoms with Crippen LogP contribution in [0.25, 0.3) is 0 Å². The smallest absolute Gasteiger partial charge is 0.253 e. The molecule has 0 radical (unpaired) electrons. The fourth-order valence-corrected chi connectivity index (χ4v) is 4.17. The second-order valence-electron chi connectivity index (χ2n) is 8.88. The van der Waals surface area contributed by atoms with Gasteiger partial charge in [-0.1, -0.05) is 42.8 Å². The molecule has 7 heteroatoms. The predicted molar refractivity (Wildman–Crippen MR) is 152 cm³/mol. The highest BCUT2D eigenvalue weighted by molar-refractivity contribution is 14.0. The van der Waals surface area contributed by atoms with E-state index in [-0.39, 0.29) is 29.9 Å². The molecule has 1 heterocycles. The molecule has 1 amide bonds. The molecule has 0 spiro atoms. The predicted octanol–water partition coefficient (Wildman–Crippen LogP) is 4.29. The van der Waals surface area contributed by atoms with Crippen LogP contribution in [-0.2, 0) is 19.5 Å². The highest BCUT2D eigenvalue weighted by Crippen LogP contribution is 2.17. The third-order valence-electron chi connectivity index (χ3n) is 6.00. The number of rotatable bonds is 9. The van der Waals surface area contributed by atoms with Crippen molar-refractivity contribution in [2.24, 2.45) is 4.99 Å². The van der Waals surface area contributed by atoms with Crippen LogP contribution in [-0.4, -0.2) is 61.9 Å². The average molecular weight is 578 g/mol. The minimum absolute atomic E-state index is 0. The number of aliphatic imine (C=N–C) groups is 1. The highest BCUT2D eigenvalue weighted by atomic mass is 127. The number of likely N-dealkylation sites (tertiary alicyclic amines) is 1. The van der Waals surface area contributed by atoms with Gasteiger partial charge in [0.2, 0.25) is 0 Å². The molecule has 0 atom stereocenters. The van der Waals surface area contributed by atoms with Crippen molar-refractivity contribution < 1.29 is 4.79 Å². The summed E-state index contributed by atoms with van der Waals surface area (Å²) in [7, 11) is 3.56. The fraction of sp³-hybridized carbons (Fsp3) is 0.481. The van der Waals surface area contributed by atoms with Gasteiger partial charge in [-0.05, 0) is 68.1 Å². The number of carbonyl (C=O) groups is 1. The van der Waals surface area contributed by atoms with Gasteiger partial charge in [0.1, 0.15) is 0 Å². The molecule has 1 aliphatic heterocycles. The van der Waals surface area contributed by atoms with Crippen molar-refractivity contribution in [1.29, 1.82) is 0 Å². The second-order valence-corrected chi connectivity index (χ2v) is 8.88. The van der Waals surface area contributed by atoms with E-state index in [1.54, 1.807) is 19.0 Å². The van der Waals surface area contributed by atoms with Crippen molar-refractivity contribution in [3.05, 3.63) is 70.8 Å². The lowest BCUT2D eigenvalue weighted by molar-refractivity contribution is 0.0827. The van der Waals surface area contributed by atoms with Crippen LogP contribution < -0.4 is 10.6 Å². The molecule has 3 rings (SSSR count). The van der Waals surface area contributed by atoms with E-state index in [0.717, 1.165) is 43.1 Å². The van der Waals surface area contributed by atoms with Crippen LogP contribution in [0, 0.1) is 0 Å². The summed E-state index contributed by atoms with van der Waals surface area (Å²) in [5.41, 5.74) is 4.53. The quantitative estimate of drug-likeness (QED) is 0.265. The minimum Gasteiger partial charge on any atom is -0.357 e. The van der Waals surface area contributed by atoms with Crippen molar-refractivity contribution >= 4 is 35.8 Å². The number of amides is 1. The SMILES string of the molecule is CCNC(=NCc1ccccc1CN1CCCCC1)NCCc1cccc(C(=O)N(C)C)c1.I. The molecule has 0 bridgehead atoms. The zero-order valence-corrected chi connectivity index (χ0v) is 23.2. The van der Waals surface area contributed by atoms with Crippen LogP contribution in [0.2, 0.25) is 0 Å². The summed E-state index contributed by atoms with van der Waals surface area (Å²) in [5, 5.41) is 6.80. The zero-order valence-electron chi connectivity index (χ0n) is 20.8. The number of benzene rings is 2. The number of hydrogen-bond donors (Lipinski definition) is 2. The van der Waals surface area contributed by atoms with Crippen LogP contribution in [0.5, 0.6) is 0 Å². The molecule has 1 fully saturated rings. The molecule has 2 aromatic rings. The standard InChI is InChI=1S/C27H39N5O.HI/c1-4-28-27(29-16-15-22-11-10-14-23(19-22)26(33)31(2)3)30-20-24-12-6-7-13-25(24)21-32-17-8-5-9-18-32;/h6-7,10-14,19H,4-5,8-9,15-18,20-21H2,1-3H3,(H2,28,29,30);1H. The largest absolute Gasteiger partial charge is 0.357 e. The number of guanidine groups is 1. The zero-order chi connectivity index (χ0) is 23.5. The van der Waals surface area contributed by atoms with Gasteiger partial charge in [-0.3, -0.25) is 9.69 Å². The first kappa shape index (κ1) is 28.1. The Kier molecular flexibility index (Phi) is 12.4. The van der Waals surface area contributed by atoms with Gasteiger partial charge >= 0.3 is 0 Å². The fourth-order valence-electron chi connectivity index (χ4n) is 4.17. The first-order chi connectivity index (χ1) is 16.1. The summed E-state index contributed by atoms with van der Waals surface area (Å²) in [6.07, 6.45) is 4.79. The molecule has 2 N–H and O–H groups in total. The van der Waals surface area contributed by atoms with Crippen molar-refractivity contribution in [3.8, 4) is 0 Å². The molecule has 6 nitrogen and oxygen atoms in total. The number of piperidine rings is 1.